The van der Waals surface area contributed by atoms with E-state index < -0.39 is 0 Å². The smallest absolute Gasteiger partial charge is 0.274 e. The molecule has 0 aromatic carbocycles. The van der Waals surface area contributed by atoms with Crippen LogP contribution in [0.3, 0.4) is 0 Å². The molecule has 0 unspecified atom stereocenters. The first-order chi connectivity index (χ1) is 13.6. The second-order valence-electron chi connectivity index (χ2n) is 9.31. The number of nitrogens with one attached hydrogen (secondary N) is 2. The Labute approximate surface area is 165 Å². The van der Waals surface area contributed by atoms with E-state index in [4.69, 9.17) is 4.74 Å². The summed E-state index contributed by atoms with van der Waals surface area (Å²) in [6.07, 6.45) is 6.77. The fourth-order valence-electron chi connectivity index (χ4n) is 4.93. The van der Waals surface area contributed by atoms with E-state index in [0.717, 1.165) is 38.2 Å². The van der Waals surface area contributed by atoms with Crippen molar-refractivity contribution in [3.05, 3.63) is 17.5 Å². The molecule has 5 rings (SSSR count). The van der Waals surface area contributed by atoms with E-state index in [2.05, 4.69) is 15.5 Å². The van der Waals surface area contributed by atoms with Crippen molar-refractivity contribution in [1.29, 1.82) is 0 Å². The van der Waals surface area contributed by atoms with Crippen molar-refractivity contribution >= 4 is 11.8 Å². The van der Waals surface area contributed by atoms with Crippen molar-refractivity contribution in [2.24, 2.45) is 17.8 Å². The molecule has 4 atom stereocenters. The highest BCUT2D eigenvalue weighted by atomic mass is 16.5. The Hall–Kier alpha value is -1.89. The predicted octanol–water partition coefficient (Wildman–Crippen LogP) is 2.07. The fourth-order valence-corrected chi connectivity index (χ4v) is 4.93. The molecule has 7 nitrogen and oxygen atoms in total. The molecule has 0 spiro atoms. The number of fused-ring (bicyclic) bond motifs is 1. The van der Waals surface area contributed by atoms with Gasteiger partial charge >= 0.3 is 0 Å². The number of hydrogen-bond donors (Lipinski definition) is 2. The summed E-state index contributed by atoms with van der Waals surface area (Å²) in [5.41, 5.74) is 1.64. The first-order valence-electron chi connectivity index (χ1n) is 10.8. The van der Waals surface area contributed by atoms with Crippen LogP contribution in [0.2, 0.25) is 0 Å². The molecule has 1 aliphatic heterocycles. The van der Waals surface area contributed by atoms with Crippen LogP contribution >= 0.6 is 0 Å². The van der Waals surface area contributed by atoms with Crippen molar-refractivity contribution < 1.29 is 14.3 Å². The Bertz CT molecular complexity index is 755. The molecule has 1 aromatic heterocycles. The van der Waals surface area contributed by atoms with E-state index in [1.807, 2.05) is 11.0 Å². The summed E-state index contributed by atoms with van der Waals surface area (Å²) in [6.45, 7) is 3.90. The molecule has 2 amide bonds. The number of H-pyrrole nitrogens is 1. The zero-order chi connectivity index (χ0) is 19.3. The molecule has 3 saturated carbocycles. The van der Waals surface area contributed by atoms with E-state index in [0.29, 0.717) is 29.4 Å². The first-order valence-corrected chi connectivity index (χ1v) is 10.8. The van der Waals surface area contributed by atoms with E-state index in [1.54, 1.807) is 6.92 Å². The Morgan fingerprint density at radius 3 is 2.64 bits per heavy atom. The molecule has 4 fully saturated rings. The highest BCUT2D eigenvalue weighted by Crippen LogP contribution is 2.41. The van der Waals surface area contributed by atoms with Crippen molar-refractivity contribution in [2.45, 2.75) is 63.5 Å². The molecule has 0 bridgehead atoms. The SMILES string of the molecule is CC(=O)N[C@@H]1C[C@@H]2CN(C(=O)c3cc(C4CC4)[nH]n3)C[C@@H]2C[C@H]1OCC1CC1. The summed E-state index contributed by atoms with van der Waals surface area (Å²) >= 11 is 0. The molecule has 152 valence electrons. The third-order valence-corrected chi connectivity index (χ3v) is 6.87. The average Bonchev–Trinajstić information content (AvgIpc) is 3.59. The summed E-state index contributed by atoms with van der Waals surface area (Å²) in [7, 11) is 0. The minimum absolute atomic E-state index is 0.00136. The summed E-state index contributed by atoms with van der Waals surface area (Å²) < 4.78 is 6.21. The summed E-state index contributed by atoms with van der Waals surface area (Å²) in [5.74, 6) is 2.17. The number of ether oxygens (including phenoxy) is 1. The largest absolute Gasteiger partial charge is 0.376 e. The van der Waals surface area contributed by atoms with Crippen LogP contribution in [0.25, 0.3) is 0 Å². The zero-order valence-corrected chi connectivity index (χ0v) is 16.5. The topological polar surface area (TPSA) is 87.3 Å². The second-order valence-corrected chi connectivity index (χ2v) is 9.31. The Kier molecular flexibility index (Phi) is 4.65. The predicted molar refractivity (Wildman–Crippen MR) is 103 cm³/mol. The average molecular weight is 386 g/mol. The van der Waals surface area contributed by atoms with E-state index in [1.165, 1.54) is 25.7 Å². The zero-order valence-electron chi connectivity index (χ0n) is 16.5. The van der Waals surface area contributed by atoms with Crippen molar-refractivity contribution in [1.82, 2.24) is 20.4 Å². The van der Waals surface area contributed by atoms with Crippen LogP contribution in [0, 0.1) is 17.8 Å². The van der Waals surface area contributed by atoms with E-state index >= 15 is 0 Å². The minimum atomic E-state index is -0.00136. The highest BCUT2D eigenvalue weighted by molar-refractivity contribution is 5.92. The van der Waals surface area contributed by atoms with Gasteiger partial charge in [-0.05, 0) is 62.3 Å². The quantitative estimate of drug-likeness (QED) is 0.784. The molecule has 1 aromatic rings. The molecule has 2 N–H and O–H groups in total. The number of nitrogens with zero attached hydrogens (tertiary/aromatic N) is 2. The molecule has 28 heavy (non-hydrogen) atoms. The molecule has 4 aliphatic rings. The summed E-state index contributed by atoms with van der Waals surface area (Å²) in [4.78, 5) is 26.6. The van der Waals surface area contributed by atoms with Crippen LogP contribution in [0.1, 0.15) is 67.5 Å². The van der Waals surface area contributed by atoms with Gasteiger partial charge in [-0.15, -0.1) is 0 Å². The van der Waals surface area contributed by atoms with Crippen molar-refractivity contribution in [3.8, 4) is 0 Å². The van der Waals surface area contributed by atoms with Gasteiger partial charge in [0.25, 0.3) is 5.91 Å². The Morgan fingerprint density at radius 2 is 1.96 bits per heavy atom. The van der Waals surface area contributed by atoms with Gasteiger partial charge in [-0.1, -0.05) is 0 Å². The van der Waals surface area contributed by atoms with Gasteiger partial charge in [-0.3, -0.25) is 14.7 Å². The van der Waals surface area contributed by atoms with Gasteiger partial charge in [0.05, 0.1) is 12.1 Å². The van der Waals surface area contributed by atoms with Gasteiger partial charge in [0.1, 0.15) is 5.69 Å². The second kappa shape index (κ2) is 7.17. The van der Waals surface area contributed by atoms with Crippen LogP contribution in [0.4, 0.5) is 0 Å². The maximum absolute atomic E-state index is 13.0. The van der Waals surface area contributed by atoms with Gasteiger partial charge in [0, 0.05) is 38.2 Å². The van der Waals surface area contributed by atoms with E-state index in [-0.39, 0.29) is 24.0 Å². The van der Waals surface area contributed by atoms with E-state index in [9.17, 15) is 9.59 Å². The van der Waals surface area contributed by atoms with Gasteiger partial charge in [0.2, 0.25) is 5.91 Å². The van der Waals surface area contributed by atoms with Gasteiger partial charge in [-0.2, -0.15) is 5.10 Å². The summed E-state index contributed by atoms with van der Waals surface area (Å²) in [6, 6.07) is 1.99. The Balaban J connectivity index is 1.24. The van der Waals surface area contributed by atoms with Gasteiger partial charge in [-0.25, -0.2) is 0 Å². The lowest BCUT2D eigenvalue weighted by molar-refractivity contribution is -0.122. The number of aromatic nitrogens is 2. The molecular weight excluding hydrogens is 356 g/mol. The maximum Gasteiger partial charge on any atom is 0.274 e. The number of hydrogen-bond acceptors (Lipinski definition) is 4. The molecular formula is C21H30N4O3. The third kappa shape index (κ3) is 3.81. The number of amides is 2. The number of carbonyl (C=O) groups is 2. The fraction of sp³-hybridized carbons (Fsp3) is 0.762. The standard InChI is InChI=1S/C21H30N4O3/c1-12(26)22-18-6-15-9-25(10-16(15)7-20(18)28-11-13-2-3-13)21(27)19-8-17(23-24-19)14-4-5-14/h8,13-16,18,20H,2-7,9-11H2,1H3,(H,22,26)(H,23,24)/t15-,16+,18-,20-/m1/s1. The van der Waals surface area contributed by atoms with Gasteiger partial charge in [0.15, 0.2) is 0 Å². The normalized spacial score (nSPS) is 32.2. The monoisotopic (exact) mass is 386 g/mol. The first kappa shape index (κ1) is 18.2. The van der Waals surface area contributed by atoms with Crippen molar-refractivity contribution in [2.75, 3.05) is 19.7 Å². The molecule has 0 radical (unpaired) electrons. The lowest BCUT2D eigenvalue weighted by atomic mass is 9.77. The molecule has 2 heterocycles. The minimum Gasteiger partial charge on any atom is -0.376 e. The van der Waals surface area contributed by atoms with Crippen LogP contribution in [0.5, 0.6) is 0 Å². The molecule has 1 saturated heterocycles. The number of likely N-dealkylation sites (tertiary alicyclic amines) is 1. The maximum atomic E-state index is 13.0. The third-order valence-electron chi connectivity index (χ3n) is 6.87. The molecule has 7 heteroatoms. The lowest BCUT2D eigenvalue weighted by Crippen LogP contribution is -2.50. The lowest BCUT2D eigenvalue weighted by Gasteiger charge is -2.38. The number of rotatable bonds is 6. The highest BCUT2D eigenvalue weighted by Gasteiger charge is 2.45. The number of aromatic amines is 1. The van der Waals surface area contributed by atoms with Crippen molar-refractivity contribution in [3.63, 3.8) is 0 Å². The van der Waals surface area contributed by atoms with Crippen LogP contribution in [-0.2, 0) is 9.53 Å². The van der Waals surface area contributed by atoms with Crippen LogP contribution in [-0.4, -0.2) is 58.8 Å². The van der Waals surface area contributed by atoms with Gasteiger partial charge < -0.3 is 15.0 Å². The molecule has 3 aliphatic carbocycles. The van der Waals surface area contributed by atoms with Crippen LogP contribution < -0.4 is 5.32 Å². The number of carbonyl (C=O) groups excluding carboxylic acids is 2. The Morgan fingerprint density at radius 1 is 1.21 bits per heavy atom. The van der Waals surface area contributed by atoms with Crippen LogP contribution in [0.15, 0.2) is 6.07 Å². The summed E-state index contributed by atoms with van der Waals surface area (Å²) in [5, 5.41) is 10.4.